The Kier molecular flexibility index (Phi) is 2.73. The van der Waals surface area contributed by atoms with Gasteiger partial charge in [0.2, 0.25) is 0 Å². The summed E-state index contributed by atoms with van der Waals surface area (Å²) < 4.78 is 0. The molecule has 0 saturated heterocycles. The van der Waals surface area contributed by atoms with E-state index in [1.54, 1.807) is 13.0 Å². The van der Waals surface area contributed by atoms with Gasteiger partial charge in [-0.2, -0.15) is 0 Å². The summed E-state index contributed by atoms with van der Waals surface area (Å²) in [7, 11) is 0. The molecule has 1 N–H and O–H groups in total. The lowest BCUT2D eigenvalue weighted by Gasteiger charge is -2.04. The number of hydrogen-bond donors (Lipinski definition) is 1. The number of carbonyl (C=O) groups is 1. The maximum Gasteiger partial charge on any atom is 0.335 e. The third kappa shape index (κ3) is 1.82. The number of aliphatic carboxylic acids is 1. The molecule has 0 unspecified atom stereocenters. The van der Waals surface area contributed by atoms with Gasteiger partial charge >= 0.3 is 5.97 Å². The molecule has 0 amide bonds. The molecule has 0 aliphatic rings. The average Bonchev–Trinajstić information content (AvgIpc) is 2.29. The lowest BCUT2D eigenvalue weighted by Crippen LogP contribution is -1.98. The van der Waals surface area contributed by atoms with Crippen molar-refractivity contribution in [2.75, 3.05) is 0 Å². The van der Waals surface area contributed by atoms with Crippen LogP contribution < -0.4 is 0 Å². The summed E-state index contributed by atoms with van der Waals surface area (Å²) in [5.41, 5.74) is 1.08. The first-order valence-electron chi connectivity index (χ1n) is 5.11. The standard InChI is InChI=1S/C14H12O2/c1-2-13(14(15)16)12-8-7-10-5-3-4-6-11(10)9-12/h2-9H,1H3,(H,15,16). The molecule has 2 aromatic carbocycles. The Bertz CT molecular complexity index is 568. The van der Waals surface area contributed by atoms with E-state index in [2.05, 4.69) is 0 Å². The molecule has 80 valence electrons. The fourth-order valence-electron chi connectivity index (χ4n) is 1.77. The van der Waals surface area contributed by atoms with Crippen LogP contribution in [0.4, 0.5) is 0 Å². The molecule has 0 heterocycles. The van der Waals surface area contributed by atoms with E-state index < -0.39 is 5.97 Å². The summed E-state index contributed by atoms with van der Waals surface area (Å²) in [6, 6.07) is 13.6. The quantitative estimate of drug-likeness (QED) is 0.775. The predicted octanol–water partition coefficient (Wildman–Crippen LogP) is 3.33. The zero-order chi connectivity index (χ0) is 11.5. The summed E-state index contributed by atoms with van der Waals surface area (Å²) >= 11 is 0. The Balaban J connectivity index is 2.59. The summed E-state index contributed by atoms with van der Waals surface area (Å²) in [5.74, 6) is -0.891. The predicted molar refractivity (Wildman–Crippen MR) is 65.2 cm³/mol. The highest BCUT2D eigenvalue weighted by molar-refractivity contribution is 6.15. The van der Waals surface area contributed by atoms with Crippen LogP contribution in [-0.2, 0) is 4.79 Å². The van der Waals surface area contributed by atoms with Crippen molar-refractivity contribution < 1.29 is 9.90 Å². The van der Waals surface area contributed by atoms with E-state index in [1.807, 2.05) is 42.5 Å². The SMILES string of the molecule is CC=C(C(=O)O)c1ccc2ccccc2c1. The van der Waals surface area contributed by atoms with Crippen molar-refractivity contribution >= 4 is 22.3 Å². The number of fused-ring (bicyclic) bond motifs is 1. The van der Waals surface area contributed by atoms with Crippen LogP contribution in [0.5, 0.6) is 0 Å². The van der Waals surface area contributed by atoms with Crippen molar-refractivity contribution in [1.82, 2.24) is 0 Å². The van der Waals surface area contributed by atoms with Gasteiger partial charge in [-0.3, -0.25) is 0 Å². The van der Waals surface area contributed by atoms with Crippen LogP contribution in [0.25, 0.3) is 16.3 Å². The molecule has 0 radical (unpaired) electrons. The largest absolute Gasteiger partial charge is 0.478 e. The van der Waals surface area contributed by atoms with Crippen molar-refractivity contribution in [3.8, 4) is 0 Å². The molecule has 0 aromatic heterocycles. The van der Waals surface area contributed by atoms with Crippen molar-refractivity contribution in [2.45, 2.75) is 6.92 Å². The van der Waals surface area contributed by atoms with Crippen molar-refractivity contribution in [3.63, 3.8) is 0 Å². The van der Waals surface area contributed by atoms with E-state index in [4.69, 9.17) is 5.11 Å². The van der Waals surface area contributed by atoms with E-state index in [-0.39, 0.29) is 0 Å². The van der Waals surface area contributed by atoms with Crippen LogP contribution in [0.3, 0.4) is 0 Å². The Morgan fingerprint density at radius 2 is 1.81 bits per heavy atom. The minimum atomic E-state index is -0.891. The van der Waals surface area contributed by atoms with Gasteiger partial charge in [0.05, 0.1) is 5.57 Å². The van der Waals surface area contributed by atoms with Gasteiger partial charge in [-0.05, 0) is 29.3 Å². The normalized spacial score (nSPS) is 11.7. The van der Waals surface area contributed by atoms with Crippen LogP contribution in [-0.4, -0.2) is 11.1 Å². The topological polar surface area (TPSA) is 37.3 Å². The lowest BCUT2D eigenvalue weighted by atomic mass is 10.0. The smallest absolute Gasteiger partial charge is 0.335 e. The van der Waals surface area contributed by atoms with Crippen LogP contribution in [0.15, 0.2) is 48.5 Å². The van der Waals surface area contributed by atoms with Gasteiger partial charge in [0.15, 0.2) is 0 Å². The number of benzene rings is 2. The molecule has 0 spiro atoms. The van der Waals surface area contributed by atoms with Crippen molar-refractivity contribution in [2.24, 2.45) is 0 Å². The molecule has 2 heteroatoms. The zero-order valence-electron chi connectivity index (χ0n) is 8.97. The van der Waals surface area contributed by atoms with Crippen LogP contribution in [0, 0.1) is 0 Å². The monoisotopic (exact) mass is 212 g/mol. The summed E-state index contributed by atoms with van der Waals surface area (Å²) in [6.07, 6.45) is 1.62. The van der Waals surface area contributed by atoms with Crippen LogP contribution in [0.2, 0.25) is 0 Å². The molecule has 0 fully saturated rings. The first kappa shape index (κ1) is 10.4. The molecule has 0 bridgehead atoms. The molecule has 2 aromatic rings. The molecule has 2 nitrogen and oxygen atoms in total. The Morgan fingerprint density at radius 3 is 2.44 bits per heavy atom. The second kappa shape index (κ2) is 4.19. The molecule has 16 heavy (non-hydrogen) atoms. The van der Waals surface area contributed by atoms with Gasteiger partial charge in [-0.25, -0.2) is 4.79 Å². The third-order valence-electron chi connectivity index (χ3n) is 2.58. The minimum absolute atomic E-state index is 0.339. The maximum absolute atomic E-state index is 11.0. The highest BCUT2D eigenvalue weighted by Crippen LogP contribution is 2.21. The second-order valence-corrected chi connectivity index (χ2v) is 3.57. The van der Waals surface area contributed by atoms with E-state index >= 15 is 0 Å². The van der Waals surface area contributed by atoms with E-state index in [1.165, 1.54) is 0 Å². The van der Waals surface area contributed by atoms with Gasteiger partial charge < -0.3 is 5.11 Å². The second-order valence-electron chi connectivity index (χ2n) is 3.57. The maximum atomic E-state index is 11.0. The highest BCUT2D eigenvalue weighted by atomic mass is 16.4. The minimum Gasteiger partial charge on any atom is -0.478 e. The van der Waals surface area contributed by atoms with Gasteiger partial charge in [-0.15, -0.1) is 0 Å². The lowest BCUT2D eigenvalue weighted by molar-refractivity contribution is -0.130. The molecule has 0 aliphatic heterocycles. The first-order chi connectivity index (χ1) is 7.72. The molecular formula is C14H12O2. The van der Waals surface area contributed by atoms with E-state index in [9.17, 15) is 4.79 Å². The average molecular weight is 212 g/mol. The Labute approximate surface area is 93.8 Å². The van der Waals surface area contributed by atoms with Gasteiger partial charge in [-0.1, -0.05) is 42.5 Å². The number of rotatable bonds is 2. The fraction of sp³-hybridized carbons (Fsp3) is 0.0714. The Morgan fingerprint density at radius 1 is 1.12 bits per heavy atom. The van der Waals surface area contributed by atoms with Crippen molar-refractivity contribution in [3.05, 3.63) is 54.1 Å². The van der Waals surface area contributed by atoms with Gasteiger partial charge in [0.1, 0.15) is 0 Å². The molecule has 0 atom stereocenters. The number of carboxylic acids is 1. The fourth-order valence-corrected chi connectivity index (χ4v) is 1.77. The number of allylic oxidation sites excluding steroid dienone is 1. The van der Waals surface area contributed by atoms with Crippen molar-refractivity contribution in [1.29, 1.82) is 0 Å². The number of carboxylic acid groups (broad SMARTS) is 1. The third-order valence-corrected chi connectivity index (χ3v) is 2.58. The number of hydrogen-bond acceptors (Lipinski definition) is 1. The summed E-state index contributed by atoms with van der Waals surface area (Å²) in [6.45, 7) is 1.73. The van der Waals surface area contributed by atoms with Gasteiger partial charge in [0, 0.05) is 0 Å². The van der Waals surface area contributed by atoms with E-state index in [0.717, 1.165) is 16.3 Å². The van der Waals surface area contributed by atoms with E-state index in [0.29, 0.717) is 5.57 Å². The van der Waals surface area contributed by atoms with Crippen LogP contribution in [0.1, 0.15) is 12.5 Å². The zero-order valence-corrected chi connectivity index (χ0v) is 8.97. The molecule has 2 rings (SSSR count). The molecular weight excluding hydrogens is 200 g/mol. The van der Waals surface area contributed by atoms with Crippen LogP contribution >= 0.6 is 0 Å². The summed E-state index contributed by atoms with van der Waals surface area (Å²) in [5, 5.41) is 11.2. The first-order valence-corrected chi connectivity index (χ1v) is 5.11. The molecule has 0 saturated carbocycles. The Hall–Kier alpha value is -2.09. The summed E-state index contributed by atoms with van der Waals surface area (Å²) in [4.78, 5) is 11.0. The highest BCUT2D eigenvalue weighted by Gasteiger charge is 2.08. The molecule has 0 aliphatic carbocycles. The van der Waals surface area contributed by atoms with Gasteiger partial charge in [0.25, 0.3) is 0 Å².